The Hall–Kier alpha value is -2.11. The third-order valence-electron chi connectivity index (χ3n) is 7.98. The lowest BCUT2D eigenvalue weighted by Gasteiger charge is -2.35. The van der Waals surface area contributed by atoms with Gasteiger partial charge in [-0.2, -0.15) is 0 Å². The van der Waals surface area contributed by atoms with Crippen molar-refractivity contribution in [1.29, 1.82) is 0 Å². The van der Waals surface area contributed by atoms with Gasteiger partial charge in [-0.25, -0.2) is 9.36 Å². The number of hydrogen-bond donors (Lipinski definition) is 5. The van der Waals surface area contributed by atoms with Crippen LogP contribution in [0.5, 0.6) is 0 Å². The van der Waals surface area contributed by atoms with Gasteiger partial charge in [0, 0.05) is 24.8 Å². The first-order chi connectivity index (χ1) is 20.7. The van der Waals surface area contributed by atoms with Gasteiger partial charge in [0.05, 0.1) is 6.10 Å². The molecule has 1 fully saturated rings. The average molecular weight is 642 g/mol. The Kier molecular flexibility index (Phi) is 16.2. The van der Waals surface area contributed by atoms with Gasteiger partial charge in [0.2, 0.25) is 0 Å². The fourth-order valence-electron chi connectivity index (χ4n) is 5.55. The number of phosphoric ester groups is 1. The van der Waals surface area contributed by atoms with Crippen molar-refractivity contribution < 1.29 is 48.2 Å². The quantitative estimate of drug-likeness (QED) is 0.0618. The molecule has 1 aliphatic carbocycles. The van der Waals surface area contributed by atoms with Gasteiger partial charge in [-0.05, 0) is 69.4 Å². The van der Waals surface area contributed by atoms with Crippen LogP contribution in [-0.2, 0) is 28.2 Å². The van der Waals surface area contributed by atoms with Crippen LogP contribution in [0.1, 0.15) is 85.0 Å². The van der Waals surface area contributed by atoms with Crippen LogP contribution in [-0.4, -0.2) is 68.5 Å². The highest BCUT2D eigenvalue weighted by Crippen LogP contribution is 2.42. The lowest BCUT2D eigenvalue weighted by Crippen LogP contribution is -2.45. The van der Waals surface area contributed by atoms with E-state index in [4.69, 9.17) is 19.7 Å². The van der Waals surface area contributed by atoms with Gasteiger partial charge in [-0.1, -0.05) is 63.6 Å². The predicted molar refractivity (Wildman–Crippen MR) is 167 cm³/mol. The van der Waals surface area contributed by atoms with E-state index in [-0.39, 0.29) is 43.3 Å². The van der Waals surface area contributed by atoms with Crippen LogP contribution in [0.25, 0.3) is 0 Å². The Morgan fingerprint density at radius 1 is 1.25 bits per heavy atom. The Labute approximate surface area is 261 Å². The zero-order valence-corrected chi connectivity index (χ0v) is 27.1. The second kappa shape index (κ2) is 18.8. The number of rotatable bonds is 18. The average Bonchev–Trinajstić information content (AvgIpc) is 2.93. The summed E-state index contributed by atoms with van der Waals surface area (Å²) in [4.78, 5) is 43.1. The second-order valence-corrected chi connectivity index (χ2v) is 13.4. The SMILES string of the molecule is CCC1C=CC(=O)OC1C=CC(O)(CCN)C(CC(O)C=CC=CC1CCCC(OC(=O)CCCC(C)C)C1)OP(=O)(O)O. The molecule has 2 aliphatic rings. The van der Waals surface area contributed by atoms with Crippen LogP contribution in [0.2, 0.25) is 0 Å². The number of aliphatic hydroxyl groups is 2. The van der Waals surface area contributed by atoms with Gasteiger partial charge in [-0.3, -0.25) is 9.32 Å². The number of carbonyl (C=O) groups excluding carboxylic acids is 2. The summed E-state index contributed by atoms with van der Waals surface area (Å²) < 4.78 is 27.8. The Morgan fingerprint density at radius 3 is 2.66 bits per heavy atom. The van der Waals surface area contributed by atoms with Crippen LogP contribution in [0.4, 0.5) is 0 Å². The first-order valence-electron chi connectivity index (χ1n) is 15.7. The van der Waals surface area contributed by atoms with Gasteiger partial charge in [0.15, 0.2) is 0 Å². The molecule has 1 saturated carbocycles. The molecular weight excluding hydrogens is 589 g/mol. The molecule has 12 heteroatoms. The van der Waals surface area contributed by atoms with E-state index in [1.807, 2.05) is 13.0 Å². The van der Waals surface area contributed by atoms with Crippen LogP contribution < -0.4 is 5.73 Å². The minimum absolute atomic E-state index is 0.0479. The second-order valence-electron chi connectivity index (χ2n) is 12.2. The summed E-state index contributed by atoms with van der Waals surface area (Å²) >= 11 is 0. The monoisotopic (exact) mass is 641 g/mol. The molecule has 0 aromatic rings. The first kappa shape index (κ1) is 38.1. The summed E-state index contributed by atoms with van der Waals surface area (Å²) in [6, 6.07) is 0. The Balaban J connectivity index is 2.03. The van der Waals surface area contributed by atoms with Crippen LogP contribution in [0.15, 0.2) is 48.6 Å². The third-order valence-corrected chi connectivity index (χ3v) is 8.51. The maximum absolute atomic E-state index is 12.2. The highest BCUT2D eigenvalue weighted by Gasteiger charge is 2.40. The zero-order chi connectivity index (χ0) is 32.8. The van der Waals surface area contributed by atoms with Crippen molar-refractivity contribution in [1.82, 2.24) is 0 Å². The van der Waals surface area contributed by atoms with E-state index in [0.29, 0.717) is 18.8 Å². The molecule has 6 N–H and O–H groups in total. The molecule has 0 radical (unpaired) electrons. The minimum Gasteiger partial charge on any atom is -0.462 e. The number of esters is 2. The lowest BCUT2D eigenvalue weighted by atomic mass is 9.86. The van der Waals surface area contributed by atoms with Crippen molar-refractivity contribution in [3.05, 3.63) is 48.6 Å². The number of carbonyl (C=O) groups is 2. The number of hydrogen-bond acceptors (Lipinski definition) is 9. The highest BCUT2D eigenvalue weighted by atomic mass is 31.2. The van der Waals surface area contributed by atoms with Crippen molar-refractivity contribution in [2.75, 3.05) is 6.54 Å². The van der Waals surface area contributed by atoms with Crippen molar-refractivity contribution >= 4 is 19.8 Å². The number of phosphoric acid groups is 1. The molecule has 11 nitrogen and oxygen atoms in total. The molecule has 0 aromatic carbocycles. The van der Waals surface area contributed by atoms with Crippen molar-refractivity contribution in [2.45, 2.75) is 115 Å². The van der Waals surface area contributed by atoms with Gasteiger partial charge in [-0.15, -0.1) is 0 Å². The predicted octanol–water partition coefficient (Wildman–Crippen LogP) is 4.40. The molecule has 0 amide bonds. The molecule has 2 rings (SSSR count). The zero-order valence-electron chi connectivity index (χ0n) is 26.2. The van der Waals surface area contributed by atoms with Gasteiger partial charge in [0.1, 0.15) is 23.9 Å². The fourth-order valence-corrected chi connectivity index (χ4v) is 6.15. The summed E-state index contributed by atoms with van der Waals surface area (Å²) in [6.07, 6.45) is 14.9. The van der Waals surface area contributed by atoms with E-state index < -0.39 is 37.7 Å². The third kappa shape index (κ3) is 14.3. The van der Waals surface area contributed by atoms with E-state index in [2.05, 4.69) is 13.8 Å². The Morgan fingerprint density at radius 2 is 2.00 bits per heavy atom. The number of nitrogens with two attached hydrogens (primary N) is 1. The molecule has 1 aliphatic heterocycles. The highest BCUT2D eigenvalue weighted by molar-refractivity contribution is 7.46. The van der Waals surface area contributed by atoms with Crippen LogP contribution in [0.3, 0.4) is 0 Å². The molecule has 250 valence electrons. The van der Waals surface area contributed by atoms with Crippen LogP contribution in [0, 0.1) is 17.8 Å². The molecule has 0 bridgehead atoms. The standard InChI is InChI=1S/C32H52NO10P/c1-4-25-15-16-31(36)42-28(25)17-18-32(37,19-20-33)29(43-44(38,39)40)22-26(34)12-6-5-10-24-11-8-13-27(21-24)41-30(35)14-7-9-23(2)3/h5-6,10,12,15-18,23-29,34,37H,4,7-9,11,13-14,19-22,33H2,1-3H3,(H2,38,39,40). The van der Waals surface area contributed by atoms with Crippen LogP contribution >= 0.6 is 7.82 Å². The summed E-state index contributed by atoms with van der Waals surface area (Å²) in [5.74, 6) is -0.0706. The van der Waals surface area contributed by atoms with Crippen molar-refractivity contribution in [2.24, 2.45) is 23.5 Å². The fraction of sp³-hybridized carbons (Fsp3) is 0.688. The minimum atomic E-state index is -5.08. The summed E-state index contributed by atoms with van der Waals surface area (Å²) in [6.45, 7) is 6.12. The normalized spacial score (nSPS) is 25.9. The maximum atomic E-state index is 12.2. The van der Waals surface area contributed by atoms with Gasteiger partial charge >= 0.3 is 19.8 Å². The summed E-state index contributed by atoms with van der Waals surface area (Å²) in [5.41, 5.74) is 3.74. The van der Waals surface area contributed by atoms with E-state index in [0.717, 1.165) is 38.5 Å². The van der Waals surface area contributed by atoms with E-state index >= 15 is 0 Å². The molecule has 44 heavy (non-hydrogen) atoms. The smallest absolute Gasteiger partial charge is 0.462 e. The molecule has 7 unspecified atom stereocenters. The number of cyclic esters (lactones) is 1. The van der Waals surface area contributed by atoms with Crippen molar-refractivity contribution in [3.63, 3.8) is 0 Å². The molecular formula is C32H52NO10P. The summed E-state index contributed by atoms with van der Waals surface area (Å²) in [5, 5.41) is 22.2. The molecule has 0 spiro atoms. The van der Waals surface area contributed by atoms with E-state index in [1.165, 1.54) is 24.3 Å². The number of allylic oxidation sites excluding steroid dienone is 3. The molecule has 0 aromatic heterocycles. The number of aliphatic hydroxyl groups excluding tert-OH is 1. The lowest BCUT2D eigenvalue weighted by molar-refractivity contribution is -0.151. The topological polar surface area (TPSA) is 186 Å². The van der Waals surface area contributed by atoms with Gasteiger partial charge in [0.25, 0.3) is 0 Å². The molecule has 1 heterocycles. The number of ether oxygens (including phenoxy) is 2. The summed E-state index contributed by atoms with van der Waals surface area (Å²) in [7, 11) is -5.08. The van der Waals surface area contributed by atoms with Gasteiger partial charge < -0.3 is 35.2 Å². The first-order valence-corrected chi connectivity index (χ1v) is 17.2. The molecule has 0 saturated heterocycles. The Bertz CT molecular complexity index is 1070. The maximum Gasteiger partial charge on any atom is 0.469 e. The van der Waals surface area contributed by atoms with E-state index in [9.17, 15) is 34.2 Å². The van der Waals surface area contributed by atoms with Crippen molar-refractivity contribution in [3.8, 4) is 0 Å². The molecule has 7 atom stereocenters. The largest absolute Gasteiger partial charge is 0.469 e. The van der Waals surface area contributed by atoms with E-state index in [1.54, 1.807) is 18.2 Å².